The summed E-state index contributed by atoms with van der Waals surface area (Å²) in [5.74, 6) is -1.25. The molecule has 1 aliphatic heterocycles. The van der Waals surface area contributed by atoms with Crippen LogP contribution in [0.4, 0.5) is 4.79 Å². The number of carboxylic acids is 1. The topological polar surface area (TPSA) is 88.1 Å². The summed E-state index contributed by atoms with van der Waals surface area (Å²) in [5, 5.41) is 11.3. The molecule has 0 saturated carbocycles. The van der Waals surface area contributed by atoms with Crippen molar-refractivity contribution in [2.75, 3.05) is 39.5 Å². The molecular weight excluding hydrogens is 259 g/mol. The Bertz CT molecular complexity index is 314. The zero-order valence-corrected chi connectivity index (χ0v) is 12.4. The Labute approximate surface area is 132 Å². The number of carbonyl (C=O) groups is 2. The standard InChI is InChI=1S/C12H22N2O5.Li.H/c1-9(2)10(11(15)16)13-12(17)19-8-5-14-3-6-18-7-4-14;;/h9-10H,3-8H2,1-2H3,(H,13,17)(H,15,16);;/q;+1;-1/t10-;;/m0../s1. The van der Waals surface area contributed by atoms with Crippen molar-refractivity contribution in [3.8, 4) is 0 Å². The van der Waals surface area contributed by atoms with E-state index in [0.29, 0.717) is 19.8 Å². The van der Waals surface area contributed by atoms with Crippen LogP contribution in [0.15, 0.2) is 0 Å². The van der Waals surface area contributed by atoms with E-state index in [-0.39, 0.29) is 32.8 Å². The second kappa shape index (κ2) is 10.1. The molecule has 7 nitrogen and oxygen atoms in total. The van der Waals surface area contributed by atoms with Gasteiger partial charge in [-0.15, -0.1) is 0 Å². The Morgan fingerprint density at radius 3 is 2.50 bits per heavy atom. The Balaban J connectivity index is 0. The predicted octanol–water partition coefficient (Wildman–Crippen LogP) is -2.73. The Morgan fingerprint density at radius 1 is 1.40 bits per heavy atom. The first-order chi connectivity index (χ1) is 9.00. The molecule has 0 unspecified atom stereocenters. The molecule has 2 N–H and O–H groups in total. The van der Waals surface area contributed by atoms with Gasteiger partial charge in [0.25, 0.3) is 0 Å². The van der Waals surface area contributed by atoms with E-state index in [0.717, 1.165) is 13.1 Å². The molecule has 0 bridgehead atoms. The second-order valence-electron chi connectivity index (χ2n) is 4.79. The quantitative estimate of drug-likeness (QED) is 0.514. The number of hydrogen-bond acceptors (Lipinski definition) is 5. The Hall–Kier alpha value is -0.743. The van der Waals surface area contributed by atoms with Gasteiger partial charge in [0.05, 0.1) is 13.2 Å². The van der Waals surface area contributed by atoms with Gasteiger partial charge in [-0.2, -0.15) is 0 Å². The summed E-state index contributed by atoms with van der Waals surface area (Å²) in [5.41, 5.74) is 0. The van der Waals surface area contributed by atoms with Gasteiger partial charge in [-0.3, -0.25) is 4.90 Å². The van der Waals surface area contributed by atoms with Gasteiger partial charge < -0.3 is 21.3 Å². The van der Waals surface area contributed by atoms with Gasteiger partial charge in [-0.05, 0) is 5.92 Å². The van der Waals surface area contributed by atoms with Crippen molar-refractivity contribution in [2.45, 2.75) is 19.9 Å². The molecular formula is C12H23LiN2O5. The summed E-state index contributed by atoms with van der Waals surface area (Å²) in [6, 6.07) is -0.920. The number of ether oxygens (including phenoxy) is 2. The van der Waals surface area contributed by atoms with Crippen LogP contribution < -0.4 is 24.2 Å². The van der Waals surface area contributed by atoms with Crippen LogP contribution in [0.25, 0.3) is 0 Å². The summed E-state index contributed by atoms with van der Waals surface area (Å²) in [6.07, 6.45) is -0.686. The van der Waals surface area contributed by atoms with Crippen LogP contribution in [-0.4, -0.2) is 67.6 Å². The molecule has 20 heavy (non-hydrogen) atoms. The fourth-order valence-corrected chi connectivity index (χ4v) is 1.77. The molecule has 0 spiro atoms. The molecule has 112 valence electrons. The monoisotopic (exact) mass is 282 g/mol. The van der Waals surface area contributed by atoms with Gasteiger partial charge in [0.1, 0.15) is 12.6 Å². The number of nitrogens with one attached hydrogen (secondary N) is 1. The van der Waals surface area contributed by atoms with E-state index >= 15 is 0 Å². The fourth-order valence-electron chi connectivity index (χ4n) is 1.77. The third kappa shape index (κ3) is 7.15. The molecule has 1 saturated heterocycles. The summed E-state index contributed by atoms with van der Waals surface area (Å²) in [7, 11) is 0. The minimum atomic E-state index is -1.06. The van der Waals surface area contributed by atoms with Crippen molar-refractivity contribution in [3.63, 3.8) is 0 Å². The van der Waals surface area contributed by atoms with Crippen molar-refractivity contribution in [3.05, 3.63) is 0 Å². The first kappa shape index (κ1) is 19.3. The third-order valence-corrected chi connectivity index (χ3v) is 2.95. The van der Waals surface area contributed by atoms with Crippen LogP contribution in [0, 0.1) is 5.92 Å². The number of carboxylic acid groups (broad SMARTS) is 1. The first-order valence-corrected chi connectivity index (χ1v) is 6.47. The van der Waals surface area contributed by atoms with Crippen molar-refractivity contribution in [1.82, 2.24) is 10.2 Å². The largest absolute Gasteiger partial charge is 1.00 e. The number of amides is 1. The van der Waals surface area contributed by atoms with Crippen molar-refractivity contribution >= 4 is 12.1 Å². The number of carbonyl (C=O) groups excluding carboxylic acids is 1. The normalized spacial score (nSPS) is 17.1. The minimum absolute atomic E-state index is 0. The molecule has 1 fully saturated rings. The molecule has 0 aromatic carbocycles. The number of aliphatic carboxylic acids is 1. The van der Waals surface area contributed by atoms with Crippen molar-refractivity contribution < 1.29 is 44.5 Å². The van der Waals surface area contributed by atoms with Crippen LogP contribution in [0.2, 0.25) is 0 Å². The van der Waals surface area contributed by atoms with Gasteiger partial charge in [-0.25, -0.2) is 9.59 Å². The first-order valence-electron chi connectivity index (χ1n) is 6.47. The zero-order valence-electron chi connectivity index (χ0n) is 13.4. The predicted molar refractivity (Wildman–Crippen MR) is 69.1 cm³/mol. The summed E-state index contributed by atoms with van der Waals surface area (Å²) >= 11 is 0. The SMILES string of the molecule is CC(C)[C@H](NC(=O)OCCN1CCOCC1)C(=O)O.[H-].[Li+]. The van der Waals surface area contributed by atoms with Crippen molar-refractivity contribution in [1.29, 1.82) is 0 Å². The van der Waals surface area contributed by atoms with Crippen LogP contribution in [0.5, 0.6) is 0 Å². The summed E-state index contributed by atoms with van der Waals surface area (Å²) < 4.78 is 10.2. The molecule has 1 atom stereocenters. The molecule has 0 aromatic heterocycles. The van der Waals surface area contributed by atoms with E-state index < -0.39 is 18.1 Å². The maximum Gasteiger partial charge on any atom is 1.00 e. The number of rotatable bonds is 6. The van der Waals surface area contributed by atoms with Crippen LogP contribution >= 0.6 is 0 Å². The molecule has 0 aliphatic carbocycles. The van der Waals surface area contributed by atoms with Crippen LogP contribution in [-0.2, 0) is 14.3 Å². The van der Waals surface area contributed by atoms with E-state index in [1.165, 1.54) is 0 Å². The van der Waals surface area contributed by atoms with E-state index in [1.807, 2.05) is 0 Å². The van der Waals surface area contributed by atoms with Gasteiger partial charge in [0.2, 0.25) is 0 Å². The maximum atomic E-state index is 11.5. The van der Waals surface area contributed by atoms with E-state index in [2.05, 4.69) is 10.2 Å². The summed E-state index contributed by atoms with van der Waals surface area (Å²) in [6.45, 7) is 7.39. The van der Waals surface area contributed by atoms with Gasteiger partial charge in [0, 0.05) is 19.6 Å². The minimum Gasteiger partial charge on any atom is -1.00 e. The molecule has 1 heterocycles. The van der Waals surface area contributed by atoms with Crippen LogP contribution in [0.1, 0.15) is 15.3 Å². The Kier molecular flexibility index (Phi) is 9.68. The second-order valence-corrected chi connectivity index (χ2v) is 4.79. The molecule has 1 aliphatic rings. The number of hydrogen-bond donors (Lipinski definition) is 2. The van der Waals surface area contributed by atoms with Gasteiger partial charge >= 0.3 is 30.9 Å². The summed E-state index contributed by atoms with van der Waals surface area (Å²) in [4.78, 5) is 24.5. The zero-order chi connectivity index (χ0) is 14.3. The average Bonchev–Trinajstić information content (AvgIpc) is 2.36. The van der Waals surface area contributed by atoms with Crippen LogP contribution in [0.3, 0.4) is 0 Å². The van der Waals surface area contributed by atoms with Crippen molar-refractivity contribution in [2.24, 2.45) is 5.92 Å². The molecule has 1 amide bonds. The third-order valence-electron chi connectivity index (χ3n) is 2.95. The number of alkyl carbamates (subject to hydrolysis) is 1. The molecule has 8 heteroatoms. The molecule has 0 aromatic rings. The fraction of sp³-hybridized carbons (Fsp3) is 0.833. The van der Waals surface area contributed by atoms with E-state index in [1.54, 1.807) is 13.8 Å². The molecule has 0 radical (unpaired) electrons. The maximum absolute atomic E-state index is 11.5. The van der Waals surface area contributed by atoms with E-state index in [9.17, 15) is 9.59 Å². The Morgan fingerprint density at radius 2 is 2.00 bits per heavy atom. The molecule has 1 rings (SSSR count). The van der Waals surface area contributed by atoms with Gasteiger partial charge in [0.15, 0.2) is 0 Å². The van der Waals surface area contributed by atoms with E-state index in [4.69, 9.17) is 14.6 Å². The average molecular weight is 282 g/mol. The number of morpholine rings is 1. The van der Waals surface area contributed by atoms with Gasteiger partial charge in [-0.1, -0.05) is 13.8 Å². The number of nitrogens with zero attached hydrogens (tertiary/aromatic N) is 1. The smallest absolute Gasteiger partial charge is 1.00 e.